The summed E-state index contributed by atoms with van der Waals surface area (Å²) >= 11 is 12.3. The second kappa shape index (κ2) is 10.6. The predicted octanol–water partition coefficient (Wildman–Crippen LogP) is 5.26. The molecule has 0 radical (unpaired) electrons. The van der Waals surface area contributed by atoms with E-state index in [1.54, 1.807) is 18.3 Å². The SMILES string of the molecule is COc1cnc(C(C#N)=Cc2c(Cl)cncc2Cl)cc1OCCCc1cccnc1. The van der Waals surface area contributed by atoms with E-state index in [-0.39, 0.29) is 5.57 Å². The highest BCUT2D eigenvalue weighted by atomic mass is 35.5. The maximum Gasteiger partial charge on any atom is 0.179 e. The molecule has 0 unspecified atom stereocenters. The van der Waals surface area contributed by atoms with E-state index in [9.17, 15) is 5.26 Å². The first kappa shape index (κ1) is 21.6. The van der Waals surface area contributed by atoms with Gasteiger partial charge in [0.05, 0.1) is 41.2 Å². The van der Waals surface area contributed by atoms with Gasteiger partial charge in [-0.2, -0.15) is 5.26 Å². The minimum absolute atomic E-state index is 0.285. The first-order valence-electron chi connectivity index (χ1n) is 9.09. The van der Waals surface area contributed by atoms with E-state index < -0.39 is 0 Å². The molecule has 0 N–H and O–H groups in total. The molecule has 0 amide bonds. The maximum absolute atomic E-state index is 9.64. The number of hydrogen-bond donors (Lipinski definition) is 0. The number of nitriles is 1. The summed E-state index contributed by atoms with van der Waals surface area (Å²) in [5.74, 6) is 0.985. The molecule has 0 fully saturated rings. The number of hydrogen-bond acceptors (Lipinski definition) is 6. The summed E-state index contributed by atoms with van der Waals surface area (Å²) in [5, 5.41) is 10.3. The van der Waals surface area contributed by atoms with E-state index >= 15 is 0 Å². The summed E-state index contributed by atoms with van der Waals surface area (Å²) in [5.41, 5.74) is 2.35. The lowest BCUT2D eigenvalue weighted by Gasteiger charge is -2.12. The van der Waals surface area contributed by atoms with Gasteiger partial charge in [-0.1, -0.05) is 29.3 Å². The number of pyridine rings is 3. The number of nitrogens with zero attached hydrogens (tertiary/aromatic N) is 4. The molecule has 0 aliphatic carbocycles. The third-order valence-corrected chi connectivity index (χ3v) is 4.82. The van der Waals surface area contributed by atoms with Gasteiger partial charge in [-0.05, 0) is 30.5 Å². The molecule has 6 nitrogen and oxygen atoms in total. The van der Waals surface area contributed by atoms with Gasteiger partial charge in [0.2, 0.25) is 0 Å². The average molecular weight is 441 g/mol. The molecule has 3 rings (SSSR count). The molecular weight excluding hydrogens is 423 g/mol. The van der Waals surface area contributed by atoms with Crippen molar-refractivity contribution < 1.29 is 9.47 Å². The van der Waals surface area contributed by atoms with Crippen LogP contribution in [0.4, 0.5) is 0 Å². The largest absolute Gasteiger partial charge is 0.491 e. The topological polar surface area (TPSA) is 80.9 Å². The Labute approximate surface area is 184 Å². The number of aromatic nitrogens is 3. The Kier molecular flexibility index (Phi) is 7.61. The molecular formula is C22H18Cl2N4O2. The first-order valence-corrected chi connectivity index (χ1v) is 9.85. The van der Waals surface area contributed by atoms with Crippen molar-refractivity contribution >= 4 is 34.9 Å². The summed E-state index contributed by atoms with van der Waals surface area (Å²) in [6.45, 7) is 0.475. The van der Waals surface area contributed by atoms with E-state index in [2.05, 4.69) is 21.0 Å². The van der Waals surface area contributed by atoms with Crippen molar-refractivity contribution in [3.63, 3.8) is 0 Å². The zero-order valence-electron chi connectivity index (χ0n) is 16.2. The molecule has 152 valence electrons. The molecule has 3 aromatic rings. The standard InChI is InChI=1S/C22H18Cl2N4O2/c1-29-22-14-28-20(16(10-25)8-17-18(23)12-27-13-19(17)24)9-21(22)30-7-3-5-15-4-2-6-26-11-15/h2,4,6,8-9,11-14H,3,5,7H2,1H3. The van der Waals surface area contributed by atoms with Crippen molar-refractivity contribution in [3.8, 4) is 17.6 Å². The molecule has 0 aromatic carbocycles. The van der Waals surface area contributed by atoms with Gasteiger partial charge >= 0.3 is 0 Å². The van der Waals surface area contributed by atoms with Gasteiger partial charge in [-0.15, -0.1) is 0 Å². The minimum atomic E-state index is 0.285. The zero-order chi connectivity index (χ0) is 21.3. The Balaban J connectivity index is 1.79. The summed E-state index contributed by atoms with van der Waals surface area (Å²) in [4.78, 5) is 12.3. The van der Waals surface area contributed by atoms with Gasteiger partial charge in [0.1, 0.15) is 6.07 Å². The van der Waals surface area contributed by atoms with E-state index in [1.165, 1.54) is 25.7 Å². The Morgan fingerprint density at radius 2 is 1.93 bits per heavy atom. The van der Waals surface area contributed by atoms with Crippen LogP contribution in [-0.2, 0) is 6.42 Å². The molecule has 0 aliphatic heterocycles. The van der Waals surface area contributed by atoms with Crippen LogP contribution >= 0.6 is 23.2 Å². The van der Waals surface area contributed by atoms with Crippen LogP contribution in [0.15, 0.2) is 49.2 Å². The number of allylic oxidation sites excluding steroid dienone is 1. The molecule has 3 heterocycles. The van der Waals surface area contributed by atoms with Gasteiger partial charge in [-0.25, -0.2) is 0 Å². The lowest BCUT2D eigenvalue weighted by Crippen LogP contribution is -2.02. The molecule has 0 atom stereocenters. The van der Waals surface area contributed by atoms with Crippen LogP contribution in [0.5, 0.6) is 11.5 Å². The Morgan fingerprint density at radius 1 is 1.13 bits per heavy atom. The summed E-state index contributed by atoms with van der Waals surface area (Å²) in [6, 6.07) is 7.73. The molecule has 0 spiro atoms. The second-order valence-corrected chi connectivity index (χ2v) is 7.03. The number of methoxy groups -OCH3 is 1. The number of aryl methyl sites for hydroxylation is 1. The van der Waals surface area contributed by atoms with Crippen LogP contribution in [0.25, 0.3) is 11.6 Å². The molecule has 0 saturated heterocycles. The number of ether oxygens (including phenoxy) is 2. The van der Waals surface area contributed by atoms with Crippen molar-refractivity contribution in [3.05, 3.63) is 76.0 Å². The third kappa shape index (κ3) is 5.47. The maximum atomic E-state index is 9.64. The van der Waals surface area contributed by atoms with Gasteiger partial charge in [0, 0.05) is 36.4 Å². The molecule has 0 aliphatic rings. The lowest BCUT2D eigenvalue weighted by molar-refractivity contribution is 0.288. The van der Waals surface area contributed by atoms with Crippen molar-refractivity contribution in [1.29, 1.82) is 5.26 Å². The van der Waals surface area contributed by atoms with Crippen molar-refractivity contribution in [2.24, 2.45) is 0 Å². The quantitative estimate of drug-likeness (QED) is 0.350. The Morgan fingerprint density at radius 3 is 2.60 bits per heavy atom. The highest BCUT2D eigenvalue weighted by molar-refractivity contribution is 6.37. The van der Waals surface area contributed by atoms with Gasteiger partial charge in [-0.3, -0.25) is 15.0 Å². The van der Waals surface area contributed by atoms with E-state index in [4.69, 9.17) is 32.7 Å². The average Bonchev–Trinajstić information content (AvgIpc) is 2.77. The summed E-state index contributed by atoms with van der Waals surface area (Å²) in [6.07, 6.45) is 11.3. The smallest absolute Gasteiger partial charge is 0.179 e. The van der Waals surface area contributed by atoms with Crippen molar-refractivity contribution in [2.45, 2.75) is 12.8 Å². The molecule has 30 heavy (non-hydrogen) atoms. The fourth-order valence-corrected chi connectivity index (χ4v) is 3.18. The Bertz CT molecular complexity index is 1060. The van der Waals surface area contributed by atoms with Gasteiger partial charge < -0.3 is 9.47 Å². The van der Waals surface area contributed by atoms with Crippen LogP contribution in [0, 0.1) is 11.3 Å². The van der Waals surface area contributed by atoms with Crippen LogP contribution in [0.2, 0.25) is 10.0 Å². The summed E-state index contributed by atoms with van der Waals surface area (Å²) in [7, 11) is 1.54. The zero-order valence-corrected chi connectivity index (χ0v) is 17.7. The fraction of sp³-hybridized carbons (Fsp3) is 0.182. The van der Waals surface area contributed by atoms with Gasteiger partial charge in [0.25, 0.3) is 0 Å². The number of rotatable bonds is 8. The van der Waals surface area contributed by atoms with Crippen LogP contribution in [0.1, 0.15) is 23.2 Å². The highest BCUT2D eigenvalue weighted by Gasteiger charge is 2.13. The monoisotopic (exact) mass is 440 g/mol. The van der Waals surface area contributed by atoms with Crippen LogP contribution < -0.4 is 9.47 Å². The molecule has 8 heteroatoms. The molecule has 0 saturated carbocycles. The first-order chi connectivity index (χ1) is 14.6. The minimum Gasteiger partial charge on any atom is -0.491 e. The normalized spacial score (nSPS) is 11.1. The Hall–Kier alpha value is -3.14. The van der Waals surface area contributed by atoms with Crippen LogP contribution in [0.3, 0.4) is 0 Å². The third-order valence-electron chi connectivity index (χ3n) is 4.22. The second-order valence-electron chi connectivity index (χ2n) is 6.22. The predicted molar refractivity (Wildman–Crippen MR) is 117 cm³/mol. The van der Waals surface area contributed by atoms with E-state index in [1.807, 2.05) is 18.3 Å². The van der Waals surface area contributed by atoms with E-state index in [0.717, 1.165) is 18.4 Å². The highest BCUT2D eigenvalue weighted by Crippen LogP contribution is 2.31. The van der Waals surface area contributed by atoms with Crippen molar-refractivity contribution in [1.82, 2.24) is 15.0 Å². The molecule has 0 bridgehead atoms. The van der Waals surface area contributed by atoms with E-state index in [0.29, 0.717) is 39.4 Å². The molecule has 3 aromatic heterocycles. The fourth-order valence-electron chi connectivity index (χ4n) is 2.71. The van der Waals surface area contributed by atoms with Crippen LogP contribution in [-0.4, -0.2) is 28.7 Å². The van der Waals surface area contributed by atoms with Gasteiger partial charge in [0.15, 0.2) is 11.5 Å². The lowest BCUT2D eigenvalue weighted by atomic mass is 10.1. The number of halogens is 2. The van der Waals surface area contributed by atoms with Crippen molar-refractivity contribution in [2.75, 3.05) is 13.7 Å². The summed E-state index contributed by atoms with van der Waals surface area (Å²) < 4.78 is 11.2.